The van der Waals surface area contributed by atoms with Gasteiger partial charge < -0.3 is 19.9 Å². The molecule has 2 saturated heterocycles. The first-order valence-corrected chi connectivity index (χ1v) is 10.6. The molecule has 0 bridgehead atoms. The largest absolute Gasteiger partial charge is 0.444 e. The number of ether oxygens (including phenoxy) is 1. The smallest absolute Gasteiger partial charge is 0.408 e. The normalized spacial score (nSPS) is 22.0. The van der Waals surface area contributed by atoms with Crippen molar-refractivity contribution in [2.75, 3.05) is 46.3 Å². The Hall–Kier alpha value is -1.34. The van der Waals surface area contributed by atoms with Gasteiger partial charge in [-0.05, 0) is 59.2 Å². The molecule has 0 aromatic rings. The zero-order valence-corrected chi connectivity index (χ0v) is 18.9. The molecule has 7 nitrogen and oxygen atoms in total. The van der Waals surface area contributed by atoms with Crippen LogP contribution >= 0.6 is 0 Å². The maximum Gasteiger partial charge on any atom is 0.408 e. The number of hydrogen-bond acceptors (Lipinski definition) is 5. The molecule has 0 aliphatic carbocycles. The number of hydrogen-bond donors (Lipinski definition) is 1. The highest BCUT2D eigenvalue weighted by Gasteiger charge is 2.38. The molecule has 0 spiro atoms. The maximum absolute atomic E-state index is 13.2. The van der Waals surface area contributed by atoms with Crippen LogP contribution in [0.5, 0.6) is 0 Å². The molecule has 0 saturated carbocycles. The zero-order chi connectivity index (χ0) is 21.1. The third kappa shape index (κ3) is 6.62. The highest BCUT2D eigenvalue weighted by atomic mass is 16.6. The van der Waals surface area contributed by atoms with Crippen molar-refractivity contribution in [3.63, 3.8) is 0 Å². The van der Waals surface area contributed by atoms with Crippen LogP contribution < -0.4 is 5.32 Å². The summed E-state index contributed by atoms with van der Waals surface area (Å²) in [5.41, 5.74) is -0.978. The number of carbonyl (C=O) groups is 2. The molecule has 2 amide bonds. The fraction of sp³-hybridized carbons (Fsp3) is 0.905. The molecule has 2 fully saturated rings. The first-order chi connectivity index (χ1) is 12.9. The molecule has 2 aliphatic rings. The molecule has 28 heavy (non-hydrogen) atoms. The average molecular weight is 397 g/mol. The van der Waals surface area contributed by atoms with Gasteiger partial charge in [0.2, 0.25) is 5.91 Å². The van der Waals surface area contributed by atoms with Gasteiger partial charge in [-0.3, -0.25) is 9.69 Å². The van der Waals surface area contributed by atoms with Crippen molar-refractivity contribution in [1.82, 2.24) is 20.0 Å². The van der Waals surface area contributed by atoms with Crippen molar-refractivity contribution in [3.8, 4) is 0 Å². The SMILES string of the molecule is CN1CCC(N2CCN(C(=O)[C@H](NC(=O)OC(C)(C)C)C(C)(C)C)CC2)CC1. The molecule has 1 atom stereocenters. The van der Waals surface area contributed by atoms with Crippen molar-refractivity contribution in [2.45, 2.75) is 72.1 Å². The molecule has 2 aliphatic heterocycles. The van der Waals surface area contributed by atoms with Crippen LogP contribution in [0.3, 0.4) is 0 Å². The molecule has 0 unspecified atom stereocenters. The molecule has 7 heteroatoms. The highest BCUT2D eigenvalue weighted by Crippen LogP contribution is 2.24. The van der Waals surface area contributed by atoms with Gasteiger partial charge in [-0.1, -0.05) is 20.8 Å². The van der Waals surface area contributed by atoms with Crippen molar-refractivity contribution in [1.29, 1.82) is 0 Å². The summed E-state index contributed by atoms with van der Waals surface area (Å²) in [4.78, 5) is 32.3. The number of piperazine rings is 1. The van der Waals surface area contributed by atoms with Gasteiger partial charge in [0.05, 0.1) is 0 Å². The molecule has 1 N–H and O–H groups in total. The third-order valence-corrected chi connectivity index (χ3v) is 5.60. The molecule has 2 heterocycles. The van der Waals surface area contributed by atoms with Gasteiger partial charge in [0.15, 0.2) is 0 Å². The Labute approximate surface area is 170 Å². The van der Waals surface area contributed by atoms with E-state index in [9.17, 15) is 9.59 Å². The molecular formula is C21H40N4O3. The number of nitrogens with zero attached hydrogens (tertiary/aromatic N) is 3. The second kappa shape index (κ2) is 8.99. The van der Waals surface area contributed by atoms with Gasteiger partial charge in [0.25, 0.3) is 0 Å². The summed E-state index contributed by atoms with van der Waals surface area (Å²) < 4.78 is 5.37. The number of alkyl carbamates (subject to hydrolysis) is 1. The Morgan fingerprint density at radius 1 is 0.929 bits per heavy atom. The minimum absolute atomic E-state index is 0.0126. The van der Waals surface area contributed by atoms with Crippen molar-refractivity contribution >= 4 is 12.0 Å². The van der Waals surface area contributed by atoms with E-state index in [-0.39, 0.29) is 11.3 Å². The van der Waals surface area contributed by atoms with E-state index in [0.29, 0.717) is 19.1 Å². The van der Waals surface area contributed by atoms with E-state index in [1.807, 2.05) is 46.4 Å². The van der Waals surface area contributed by atoms with Crippen LogP contribution in [0.4, 0.5) is 4.79 Å². The highest BCUT2D eigenvalue weighted by molar-refractivity contribution is 5.86. The predicted octanol–water partition coefficient (Wildman–Crippen LogP) is 2.16. The molecule has 0 aromatic carbocycles. The van der Waals surface area contributed by atoms with Crippen LogP contribution in [0.2, 0.25) is 0 Å². The van der Waals surface area contributed by atoms with E-state index >= 15 is 0 Å². The fourth-order valence-electron chi connectivity index (χ4n) is 3.92. The van der Waals surface area contributed by atoms with Crippen LogP contribution in [0.25, 0.3) is 0 Å². The minimum Gasteiger partial charge on any atom is -0.444 e. The van der Waals surface area contributed by atoms with Crippen LogP contribution in [-0.4, -0.2) is 90.7 Å². The Morgan fingerprint density at radius 3 is 1.93 bits per heavy atom. The van der Waals surface area contributed by atoms with Crippen LogP contribution in [0, 0.1) is 5.41 Å². The predicted molar refractivity (Wildman–Crippen MR) is 111 cm³/mol. The Bertz CT molecular complexity index is 537. The molecular weight excluding hydrogens is 356 g/mol. The number of carbonyl (C=O) groups excluding carboxylic acids is 2. The summed E-state index contributed by atoms with van der Waals surface area (Å²) in [7, 11) is 2.18. The van der Waals surface area contributed by atoms with Crippen LogP contribution in [0.1, 0.15) is 54.4 Å². The lowest BCUT2D eigenvalue weighted by Crippen LogP contribution is -2.60. The molecule has 0 radical (unpaired) electrons. The second-order valence-corrected chi connectivity index (χ2v) is 10.3. The first kappa shape index (κ1) is 22.9. The van der Waals surface area contributed by atoms with E-state index in [2.05, 4.69) is 22.2 Å². The van der Waals surface area contributed by atoms with Crippen molar-refractivity contribution in [3.05, 3.63) is 0 Å². The second-order valence-electron chi connectivity index (χ2n) is 10.3. The maximum atomic E-state index is 13.2. The van der Waals surface area contributed by atoms with Gasteiger partial charge in [0.1, 0.15) is 11.6 Å². The number of likely N-dealkylation sites (tertiary alicyclic amines) is 1. The summed E-state index contributed by atoms with van der Waals surface area (Å²) in [6, 6.07) is 0.0315. The minimum atomic E-state index is -0.600. The summed E-state index contributed by atoms with van der Waals surface area (Å²) in [5, 5.41) is 2.82. The van der Waals surface area contributed by atoms with Gasteiger partial charge in [-0.2, -0.15) is 0 Å². The molecule has 162 valence electrons. The number of amides is 2. The summed E-state index contributed by atoms with van der Waals surface area (Å²) >= 11 is 0. The lowest BCUT2D eigenvalue weighted by Gasteiger charge is -2.43. The standard InChI is InChI=1S/C21H40N4O3/c1-20(2,3)17(22-19(27)28-21(4,5)6)18(26)25-14-12-24(13-15-25)16-8-10-23(7)11-9-16/h16-17H,8-15H2,1-7H3,(H,22,27)/t17-/m0/s1. The Balaban J connectivity index is 1.93. The number of rotatable bonds is 3. The van der Waals surface area contributed by atoms with Gasteiger partial charge in [-0.25, -0.2) is 4.79 Å². The van der Waals surface area contributed by atoms with Crippen molar-refractivity contribution in [2.24, 2.45) is 5.41 Å². The van der Waals surface area contributed by atoms with E-state index in [4.69, 9.17) is 4.74 Å². The first-order valence-electron chi connectivity index (χ1n) is 10.6. The monoisotopic (exact) mass is 396 g/mol. The van der Waals surface area contributed by atoms with Crippen molar-refractivity contribution < 1.29 is 14.3 Å². The van der Waals surface area contributed by atoms with E-state index in [1.54, 1.807) is 0 Å². The van der Waals surface area contributed by atoms with Crippen LogP contribution in [0.15, 0.2) is 0 Å². The number of piperidine rings is 1. The summed E-state index contributed by atoms with van der Waals surface area (Å²) in [5.74, 6) is -0.0126. The summed E-state index contributed by atoms with van der Waals surface area (Å²) in [6.07, 6.45) is 1.87. The van der Waals surface area contributed by atoms with E-state index in [1.165, 1.54) is 12.8 Å². The van der Waals surface area contributed by atoms with Gasteiger partial charge in [-0.15, -0.1) is 0 Å². The van der Waals surface area contributed by atoms with E-state index in [0.717, 1.165) is 26.2 Å². The fourth-order valence-corrected chi connectivity index (χ4v) is 3.92. The lowest BCUT2D eigenvalue weighted by atomic mass is 9.85. The van der Waals surface area contributed by atoms with Crippen LogP contribution in [-0.2, 0) is 9.53 Å². The Kier molecular flexibility index (Phi) is 7.37. The molecule has 2 rings (SSSR count). The third-order valence-electron chi connectivity index (χ3n) is 5.60. The summed E-state index contributed by atoms with van der Waals surface area (Å²) in [6.45, 7) is 16.9. The van der Waals surface area contributed by atoms with E-state index < -0.39 is 17.7 Å². The average Bonchev–Trinajstić information content (AvgIpc) is 2.57. The van der Waals surface area contributed by atoms with Gasteiger partial charge in [0, 0.05) is 32.2 Å². The lowest BCUT2D eigenvalue weighted by molar-refractivity contribution is -0.138. The quantitative estimate of drug-likeness (QED) is 0.792. The Morgan fingerprint density at radius 2 is 1.46 bits per heavy atom. The van der Waals surface area contributed by atoms with Gasteiger partial charge >= 0.3 is 6.09 Å². The number of nitrogens with one attached hydrogen (secondary N) is 1. The zero-order valence-electron chi connectivity index (χ0n) is 18.9. The topological polar surface area (TPSA) is 65.1 Å². The molecule has 0 aromatic heterocycles.